The number of carbonyl (C=O) groups excluding carboxylic acids is 2. The number of amides is 2. The van der Waals surface area contributed by atoms with Gasteiger partial charge in [0.25, 0.3) is 5.91 Å². The highest BCUT2D eigenvalue weighted by Gasteiger charge is 2.20. The number of hydrogen-bond donors (Lipinski definition) is 3. The van der Waals surface area contributed by atoms with Crippen molar-refractivity contribution in [3.63, 3.8) is 0 Å². The van der Waals surface area contributed by atoms with E-state index in [2.05, 4.69) is 20.9 Å². The lowest BCUT2D eigenvalue weighted by molar-refractivity contribution is 0.0925. The molecule has 0 bridgehead atoms. The van der Waals surface area contributed by atoms with Crippen LogP contribution in [0.2, 0.25) is 5.02 Å². The van der Waals surface area contributed by atoms with E-state index in [0.29, 0.717) is 18.2 Å². The van der Waals surface area contributed by atoms with Crippen molar-refractivity contribution in [3.8, 4) is 0 Å². The van der Waals surface area contributed by atoms with E-state index in [-0.39, 0.29) is 35.2 Å². The quantitative estimate of drug-likeness (QED) is 0.691. The molecule has 130 valence electrons. The third kappa shape index (κ3) is 5.59. The monoisotopic (exact) mass is 372 g/mol. The van der Waals surface area contributed by atoms with Crippen molar-refractivity contribution >= 4 is 46.7 Å². The Morgan fingerprint density at radius 3 is 2.96 bits per heavy atom. The Bertz CT molecular complexity index is 637. The van der Waals surface area contributed by atoms with E-state index in [9.17, 15) is 9.59 Å². The van der Waals surface area contributed by atoms with Gasteiger partial charge in [-0.2, -0.15) is 0 Å². The fourth-order valence-electron chi connectivity index (χ4n) is 1.99. The van der Waals surface area contributed by atoms with Crippen molar-refractivity contribution in [2.24, 2.45) is 0 Å². The molecule has 2 amide bonds. The zero-order chi connectivity index (χ0) is 17.5. The lowest BCUT2D eigenvalue weighted by atomic mass is 10.2. The second-order valence-electron chi connectivity index (χ2n) is 4.89. The molecule has 1 atom stereocenters. The van der Waals surface area contributed by atoms with Crippen LogP contribution in [0.25, 0.3) is 0 Å². The first-order valence-electron chi connectivity index (χ1n) is 7.29. The smallest absolute Gasteiger partial charge is 0.413 e. The van der Waals surface area contributed by atoms with E-state index in [1.54, 1.807) is 6.92 Å². The van der Waals surface area contributed by atoms with E-state index in [0.717, 1.165) is 6.42 Å². The maximum Gasteiger partial charge on any atom is 0.413 e. The van der Waals surface area contributed by atoms with Gasteiger partial charge in [-0.15, -0.1) is 0 Å². The van der Waals surface area contributed by atoms with Crippen LogP contribution >= 0.6 is 23.8 Å². The molecule has 0 radical (unpaired) electrons. The molecule has 8 nitrogen and oxygen atoms in total. The van der Waals surface area contributed by atoms with Crippen molar-refractivity contribution in [1.29, 1.82) is 0 Å². The predicted octanol–water partition coefficient (Wildman–Crippen LogP) is 1.70. The van der Waals surface area contributed by atoms with Gasteiger partial charge in [-0.1, -0.05) is 11.6 Å². The second-order valence-corrected chi connectivity index (χ2v) is 5.73. The molecule has 3 N–H and O–H groups in total. The molecule has 1 aliphatic rings. The van der Waals surface area contributed by atoms with Crippen LogP contribution in [0.3, 0.4) is 0 Å². The normalized spacial score (nSPS) is 16.3. The maximum atomic E-state index is 12.2. The van der Waals surface area contributed by atoms with E-state index in [4.69, 9.17) is 33.3 Å². The molecule has 2 rings (SSSR count). The van der Waals surface area contributed by atoms with Gasteiger partial charge in [0.1, 0.15) is 11.5 Å². The third-order valence-corrected chi connectivity index (χ3v) is 3.44. The highest BCUT2D eigenvalue weighted by Crippen LogP contribution is 2.16. The molecule has 1 aromatic heterocycles. The summed E-state index contributed by atoms with van der Waals surface area (Å²) in [5, 5.41) is 8.10. The molecular weight excluding hydrogens is 356 g/mol. The summed E-state index contributed by atoms with van der Waals surface area (Å²) in [6.07, 6.45) is 0.0709. The minimum atomic E-state index is -0.684. The molecule has 24 heavy (non-hydrogen) atoms. The first-order chi connectivity index (χ1) is 11.5. The molecule has 0 unspecified atom stereocenters. The number of nitrogens with one attached hydrogen (secondary N) is 3. The van der Waals surface area contributed by atoms with Gasteiger partial charge in [-0.25, -0.2) is 9.78 Å². The number of thiocarbonyl (C=S) groups is 1. The van der Waals surface area contributed by atoms with E-state index in [1.807, 2.05) is 0 Å². The zero-order valence-electron chi connectivity index (χ0n) is 12.9. The maximum absolute atomic E-state index is 12.2. The van der Waals surface area contributed by atoms with Crippen LogP contribution in [0.5, 0.6) is 0 Å². The highest BCUT2D eigenvalue weighted by atomic mass is 35.5. The van der Waals surface area contributed by atoms with Crippen LogP contribution in [-0.2, 0) is 9.47 Å². The average molecular weight is 373 g/mol. The Morgan fingerprint density at radius 2 is 2.29 bits per heavy atom. The molecule has 0 aromatic carbocycles. The molecule has 0 spiro atoms. The first-order valence-corrected chi connectivity index (χ1v) is 8.07. The standard InChI is InChI=1S/C14H17ClN4O4S/c1-2-23-14(21)19-13(24)18-11-6-8(15)5-10(17-11)12(20)16-9-3-4-22-7-9/h5-6,9H,2-4,7H2,1H3,(H,16,20)(H2,17,18,19,21,24)/t9-/m0/s1. The molecule has 1 aliphatic heterocycles. The summed E-state index contributed by atoms with van der Waals surface area (Å²) in [6, 6.07) is 2.89. The summed E-state index contributed by atoms with van der Waals surface area (Å²) >= 11 is 11.0. The van der Waals surface area contributed by atoms with Crippen molar-refractivity contribution in [1.82, 2.24) is 15.6 Å². The zero-order valence-corrected chi connectivity index (χ0v) is 14.5. The van der Waals surface area contributed by atoms with Crippen LogP contribution in [0.15, 0.2) is 12.1 Å². The number of ether oxygens (including phenoxy) is 2. The first kappa shape index (κ1) is 18.4. The molecule has 1 fully saturated rings. The lowest BCUT2D eigenvalue weighted by Crippen LogP contribution is -2.36. The topological polar surface area (TPSA) is 102 Å². The number of anilines is 1. The molecular formula is C14H17ClN4O4S. The summed E-state index contributed by atoms with van der Waals surface area (Å²) < 4.78 is 9.92. The second kappa shape index (κ2) is 8.76. The number of pyridine rings is 1. The Labute approximate surface area is 149 Å². The van der Waals surface area contributed by atoms with Gasteiger partial charge in [-0.05, 0) is 37.7 Å². The molecule has 10 heteroatoms. The number of hydrogen-bond acceptors (Lipinski definition) is 6. The molecule has 0 saturated carbocycles. The molecule has 2 heterocycles. The van der Waals surface area contributed by atoms with E-state index < -0.39 is 6.09 Å². The van der Waals surface area contributed by atoms with E-state index in [1.165, 1.54) is 12.1 Å². The van der Waals surface area contributed by atoms with Crippen molar-refractivity contribution < 1.29 is 19.1 Å². The minimum absolute atomic E-state index is 0.0150. The van der Waals surface area contributed by atoms with Crippen molar-refractivity contribution in [2.75, 3.05) is 25.1 Å². The Morgan fingerprint density at radius 1 is 1.50 bits per heavy atom. The highest BCUT2D eigenvalue weighted by molar-refractivity contribution is 7.80. The van der Waals surface area contributed by atoms with E-state index >= 15 is 0 Å². The number of rotatable bonds is 4. The van der Waals surface area contributed by atoms with Gasteiger partial charge in [0, 0.05) is 11.6 Å². The summed E-state index contributed by atoms with van der Waals surface area (Å²) in [7, 11) is 0. The summed E-state index contributed by atoms with van der Waals surface area (Å²) in [5.41, 5.74) is 0.135. The third-order valence-electron chi connectivity index (χ3n) is 3.02. The van der Waals surface area contributed by atoms with Gasteiger partial charge in [0.15, 0.2) is 5.11 Å². The van der Waals surface area contributed by atoms with Crippen LogP contribution in [0.1, 0.15) is 23.8 Å². The SMILES string of the molecule is CCOC(=O)NC(=S)Nc1cc(Cl)cc(C(=O)N[C@H]2CCOC2)n1. The average Bonchev–Trinajstić information content (AvgIpc) is 2.99. The van der Waals surface area contributed by atoms with Crippen LogP contribution in [-0.4, -0.2) is 48.0 Å². The Kier molecular flexibility index (Phi) is 6.71. The molecule has 0 aliphatic carbocycles. The van der Waals surface area contributed by atoms with Crippen LogP contribution < -0.4 is 16.0 Å². The number of nitrogens with zero attached hydrogens (tertiary/aromatic N) is 1. The fourth-order valence-corrected chi connectivity index (χ4v) is 2.39. The lowest BCUT2D eigenvalue weighted by Gasteiger charge is -2.12. The number of halogens is 1. The number of aromatic nitrogens is 1. The summed E-state index contributed by atoms with van der Waals surface area (Å²) in [4.78, 5) is 27.7. The van der Waals surface area contributed by atoms with Crippen LogP contribution in [0, 0.1) is 0 Å². The Balaban J connectivity index is 2.00. The Hall–Kier alpha value is -1.97. The molecule has 1 saturated heterocycles. The van der Waals surface area contributed by atoms with Gasteiger partial charge < -0.3 is 20.1 Å². The number of alkyl carbamates (subject to hydrolysis) is 1. The number of carbonyl (C=O) groups is 2. The van der Waals surface area contributed by atoms with Gasteiger partial charge in [0.05, 0.1) is 19.3 Å². The molecule has 1 aromatic rings. The van der Waals surface area contributed by atoms with Crippen molar-refractivity contribution in [3.05, 3.63) is 22.8 Å². The van der Waals surface area contributed by atoms with Crippen LogP contribution in [0.4, 0.5) is 10.6 Å². The largest absolute Gasteiger partial charge is 0.450 e. The minimum Gasteiger partial charge on any atom is -0.450 e. The van der Waals surface area contributed by atoms with Gasteiger partial charge in [0.2, 0.25) is 0 Å². The van der Waals surface area contributed by atoms with Crippen molar-refractivity contribution in [2.45, 2.75) is 19.4 Å². The van der Waals surface area contributed by atoms with Gasteiger partial charge >= 0.3 is 6.09 Å². The summed E-state index contributed by atoms with van der Waals surface area (Å²) in [6.45, 7) is 2.99. The van der Waals surface area contributed by atoms with Gasteiger partial charge in [-0.3, -0.25) is 10.1 Å². The fraction of sp³-hybridized carbons (Fsp3) is 0.429. The summed E-state index contributed by atoms with van der Waals surface area (Å²) in [5.74, 6) is -0.127. The predicted molar refractivity (Wildman–Crippen MR) is 92.3 cm³/mol.